The number of rotatable bonds is 3. The van der Waals surface area contributed by atoms with Gasteiger partial charge in [-0.25, -0.2) is 4.98 Å². The van der Waals surface area contributed by atoms with Crippen molar-refractivity contribution < 1.29 is 0 Å². The Labute approximate surface area is 135 Å². The Kier molecular flexibility index (Phi) is 3.49. The van der Waals surface area contributed by atoms with Crippen LogP contribution in [0, 0.1) is 6.07 Å². The molecular weight excluding hydrogens is 280 g/mol. The zero-order chi connectivity index (χ0) is 15.5. The van der Waals surface area contributed by atoms with E-state index in [-0.39, 0.29) is 0 Å². The fraction of sp³-hybridized carbons (Fsp3) is 0. The van der Waals surface area contributed by atoms with Crippen molar-refractivity contribution in [2.45, 2.75) is 0 Å². The molecule has 0 aliphatic rings. The number of aromatic nitrogens is 2. The molecule has 0 saturated carbocycles. The van der Waals surface area contributed by atoms with Crippen molar-refractivity contribution in [1.82, 2.24) is 9.55 Å². The molecule has 1 heterocycles. The highest BCUT2D eigenvalue weighted by Crippen LogP contribution is 2.27. The van der Waals surface area contributed by atoms with Crippen LogP contribution >= 0.6 is 0 Å². The van der Waals surface area contributed by atoms with Gasteiger partial charge in [0.25, 0.3) is 0 Å². The van der Waals surface area contributed by atoms with Crippen LogP contribution < -0.4 is 0 Å². The van der Waals surface area contributed by atoms with Gasteiger partial charge < -0.3 is 0 Å². The molecule has 109 valence electrons. The molecule has 2 heteroatoms. The lowest BCUT2D eigenvalue weighted by atomic mass is 10.2. The maximum absolute atomic E-state index is 4.88. The van der Waals surface area contributed by atoms with Crippen LogP contribution in [0.3, 0.4) is 0 Å². The van der Waals surface area contributed by atoms with Crippen molar-refractivity contribution in [2.75, 3.05) is 0 Å². The van der Waals surface area contributed by atoms with Gasteiger partial charge in [0.1, 0.15) is 5.82 Å². The monoisotopic (exact) mass is 295 g/mol. The lowest BCUT2D eigenvalue weighted by molar-refractivity contribution is 1.07. The summed E-state index contributed by atoms with van der Waals surface area (Å²) in [5.41, 5.74) is 4.27. The highest BCUT2D eigenvalue weighted by molar-refractivity contribution is 5.67. The molecule has 0 aliphatic heterocycles. The Hall–Kier alpha value is -3.13. The smallest absolute Gasteiger partial charge is 0.145 e. The van der Waals surface area contributed by atoms with E-state index in [1.165, 1.54) is 0 Å². The largest absolute Gasteiger partial charge is 0.299 e. The topological polar surface area (TPSA) is 17.8 Å². The summed E-state index contributed by atoms with van der Waals surface area (Å²) >= 11 is 0. The first kappa shape index (κ1) is 13.5. The Bertz CT molecular complexity index is 838. The lowest BCUT2D eigenvalue weighted by Gasteiger charge is -2.07. The Morgan fingerprint density at radius 2 is 1.30 bits per heavy atom. The average Bonchev–Trinajstić information content (AvgIpc) is 3.09. The van der Waals surface area contributed by atoms with Crippen molar-refractivity contribution in [1.29, 1.82) is 0 Å². The molecule has 0 atom stereocenters. The molecule has 0 spiro atoms. The number of imidazole rings is 1. The van der Waals surface area contributed by atoms with Gasteiger partial charge in [-0.3, -0.25) is 4.57 Å². The molecule has 1 aromatic heterocycles. The molecule has 0 bridgehead atoms. The average molecular weight is 295 g/mol. The molecule has 0 amide bonds. The van der Waals surface area contributed by atoms with Crippen LogP contribution in [0.2, 0.25) is 0 Å². The summed E-state index contributed by atoms with van der Waals surface area (Å²) in [5, 5.41) is 0. The molecule has 1 radical (unpaired) electrons. The van der Waals surface area contributed by atoms with Crippen molar-refractivity contribution >= 4 is 0 Å². The number of hydrogen-bond acceptors (Lipinski definition) is 1. The van der Waals surface area contributed by atoms with E-state index >= 15 is 0 Å². The fourth-order valence-electron chi connectivity index (χ4n) is 2.65. The van der Waals surface area contributed by atoms with Crippen LogP contribution in [0.5, 0.6) is 0 Å². The van der Waals surface area contributed by atoms with Gasteiger partial charge in [-0.05, 0) is 18.2 Å². The van der Waals surface area contributed by atoms with E-state index in [9.17, 15) is 0 Å². The van der Waals surface area contributed by atoms with Crippen molar-refractivity contribution in [3.05, 3.63) is 97.2 Å². The molecule has 0 aliphatic carbocycles. The number of hydrogen-bond donors (Lipinski definition) is 0. The number of benzene rings is 3. The summed E-state index contributed by atoms with van der Waals surface area (Å²) in [6.45, 7) is 0. The van der Waals surface area contributed by atoms with Crippen LogP contribution in [-0.2, 0) is 0 Å². The minimum Gasteiger partial charge on any atom is -0.299 e. The minimum atomic E-state index is 0.940. The van der Waals surface area contributed by atoms with Crippen LogP contribution in [0.1, 0.15) is 0 Å². The van der Waals surface area contributed by atoms with Gasteiger partial charge in [-0.1, -0.05) is 72.8 Å². The zero-order valence-electron chi connectivity index (χ0n) is 12.6. The van der Waals surface area contributed by atoms with Gasteiger partial charge in [-0.15, -0.1) is 0 Å². The molecule has 0 saturated heterocycles. The van der Waals surface area contributed by atoms with Crippen LogP contribution in [0.15, 0.2) is 91.1 Å². The maximum atomic E-state index is 4.88. The van der Waals surface area contributed by atoms with E-state index in [4.69, 9.17) is 4.98 Å². The summed E-state index contributed by atoms with van der Waals surface area (Å²) in [6.07, 6.45) is 2.09. The van der Waals surface area contributed by atoms with E-state index in [1.54, 1.807) is 0 Å². The first-order valence-corrected chi connectivity index (χ1v) is 7.58. The second-order valence-corrected chi connectivity index (χ2v) is 5.31. The Morgan fingerprint density at radius 3 is 1.96 bits per heavy atom. The first-order valence-electron chi connectivity index (χ1n) is 7.58. The fourth-order valence-corrected chi connectivity index (χ4v) is 2.65. The Morgan fingerprint density at radius 1 is 0.696 bits per heavy atom. The van der Waals surface area contributed by atoms with Gasteiger partial charge in [0.2, 0.25) is 0 Å². The van der Waals surface area contributed by atoms with Crippen LogP contribution in [0.4, 0.5) is 0 Å². The second kappa shape index (κ2) is 5.93. The van der Waals surface area contributed by atoms with Gasteiger partial charge in [0, 0.05) is 23.0 Å². The van der Waals surface area contributed by atoms with Crippen LogP contribution in [0.25, 0.3) is 28.3 Å². The number of nitrogens with zero attached hydrogens (tertiary/aromatic N) is 2. The summed E-state index contributed by atoms with van der Waals surface area (Å²) in [4.78, 5) is 4.88. The standard InChI is InChI=1S/C21H15N2/c1-4-10-17(11-5-1)20-16-23(19-14-8-3-9-15-19)21(22-20)18-12-6-2-7-13-18/h1-2,4-16H. The van der Waals surface area contributed by atoms with Crippen LogP contribution in [-0.4, -0.2) is 9.55 Å². The third kappa shape index (κ3) is 2.67. The van der Waals surface area contributed by atoms with Crippen molar-refractivity contribution in [2.24, 2.45) is 0 Å². The lowest BCUT2D eigenvalue weighted by Crippen LogP contribution is -1.95. The zero-order valence-corrected chi connectivity index (χ0v) is 12.6. The maximum Gasteiger partial charge on any atom is 0.145 e. The molecule has 0 N–H and O–H groups in total. The molecule has 4 rings (SSSR count). The molecule has 0 unspecified atom stereocenters. The van der Waals surface area contributed by atoms with E-state index in [1.807, 2.05) is 60.7 Å². The molecule has 4 aromatic rings. The first-order chi connectivity index (χ1) is 11.4. The third-order valence-electron chi connectivity index (χ3n) is 3.79. The van der Waals surface area contributed by atoms with E-state index in [2.05, 4.69) is 41.1 Å². The molecular formula is C21H15N2. The van der Waals surface area contributed by atoms with Gasteiger partial charge in [-0.2, -0.15) is 0 Å². The van der Waals surface area contributed by atoms with Gasteiger partial charge in [0.05, 0.1) is 5.69 Å². The third-order valence-corrected chi connectivity index (χ3v) is 3.79. The normalized spacial score (nSPS) is 10.6. The van der Waals surface area contributed by atoms with E-state index in [0.29, 0.717) is 0 Å². The second-order valence-electron chi connectivity index (χ2n) is 5.31. The van der Waals surface area contributed by atoms with Gasteiger partial charge >= 0.3 is 0 Å². The van der Waals surface area contributed by atoms with Crippen molar-refractivity contribution in [3.63, 3.8) is 0 Å². The molecule has 0 fully saturated rings. The Balaban J connectivity index is 1.91. The molecule has 2 nitrogen and oxygen atoms in total. The summed E-state index contributed by atoms with van der Waals surface area (Å²) in [7, 11) is 0. The summed E-state index contributed by atoms with van der Waals surface area (Å²) in [6, 6.07) is 31.5. The quantitative estimate of drug-likeness (QED) is 0.519. The molecule has 23 heavy (non-hydrogen) atoms. The SMILES string of the molecule is [c]1ccc(-n2cc(-c3ccccc3)nc2-c2ccccc2)cc1. The van der Waals surface area contributed by atoms with Gasteiger partial charge in [0.15, 0.2) is 0 Å². The summed E-state index contributed by atoms with van der Waals surface area (Å²) in [5.74, 6) is 0.940. The highest BCUT2D eigenvalue weighted by atomic mass is 15.1. The predicted molar refractivity (Wildman–Crippen MR) is 93.3 cm³/mol. The van der Waals surface area contributed by atoms with E-state index in [0.717, 1.165) is 28.3 Å². The summed E-state index contributed by atoms with van der Waals surface area (Å²) < 4.78 is 2.13. The predicted octanol–water partition coefficient (Wildman–Crippen LogP) is 5.01. The van der Waals surface area contributed by atoms with E-state index < -0.39 is 0 Å². The highest BCUT2D eigenvalue weighted by Gasteiger charge is 2.12. The molecule has 3 aromatic carbocycles. The minimum absolute atomic E-state index is 0.940. The van der Waals surface area contributed by atoms with Crippen molar-refractivity contribution in [3.8, 4) is 28.3 Å².